The van der Waals surface area contributed by atoms with E-state index in [0.717, 1.165) is 18.2 Å². The molecule has 0 bridgehead atoms. The number of anilines is 1. The zero-order valence-corrected chi connectivity index (χ0v) is 19.5. The van der Waals surface area contributed by atoms with Crippen LogP contribution in [0.25, 0.3) is 0 Å². The monoisotopic (exact) mass is 510 g/mol. The molecule has 1 aliphatic heterocycles. The molecular formula is C24H19FN4O8. The Morgan fingerprint density at radius 1 is 1.05 bits per heavy atom. The van der Waals surface area contributed by atoms with Crippen LogP contribution in [0.1, 0.15) is 34.0 Å². The van der Waals surface area contributed by atoms with Crippen molar-refractivity contribution in [3.8, 4) is 11.5 Å². The largest absolute Gasteiger partial charge is 0.493 e. The summed E-state index contributed by atoms with van der Waals surface area (Å²) in [7, 11) is 2.83. The van der Waals surface area contributed by atoms with Crippen LogP contribution in [0.15, 0.2) is 59.7 Å². The molecule has 190 valence electrons. The first-order chi connectivity index (χ1) is 17.7. The van der Waals surface area contributed by atoms with Gasteiger partial charge in [-0.25, -0.2) is 9.18 Å². The van der Waals surface area contributed by atoms with E-state index in [0.29, 0.717) is 16.9 Å². The molecule has 0 aromatic heterocycles. The number of nitrogens with one attached hydrogen (secondary N) is 1. The number of hydrazone groups is 1. The number of nitrogens with zero attached hydrogens (tertiary/aromatic N) is 3. The zero-order chi connectivity index (χ0) is 26.7. The van der Waals surface area contributed by atoms with E-state index in [-0.39, 0.29) is 29.1 Å². The van der Waals surface area contributed by atoms with Gasteiger partial charge in [-0.15, -0.1) is 0 Å². The first kappa shape index (κ1) is 25.0. The second kappa shape index (κ2) is 10.3. The van der Waals surface area contributed by atoms with Crippen molar-refractivity contribution in [3.63, 3.8) is 0 Å². The number of non-ortho nitro benzene ring substituents is 1. The first-order valence-corrected chi connectivity index (χ1v) is 10.7. The Balaban J connectivity index is 1.73. The number of fused-ring (bicyclic) bond motifs is 1. The molecule has 0 aliphatic carbocycles. The number of halogens is 1. The summed E-state index contributed by atoms with van der Waals surface area (Å²) in [6.07, 6.45) is -0.798. The molecule has 1 heterocycles. The summed E-state index contributed by atoms with van der Waals surface area (Å²) >= 11 is 0. The van der Waals surface area contributed by atoms with Crippen molar-refractivity contribution < 1.29 is 33.2 Å². The Morgan fingerprint density at radius 3 is 2.41 bits per heavy atom. The van der Waals surface area contributed by atoms with Crippen molar-refractivity contribution in [2.75, 3.05) is 19.6 Å². The molecule has 0 amide bonds. The summed E-state index contributed by atoms with van der Waals surface area (Å²) in [5.74, 6) is -0.560. The highest BCUT2D eigenvalue weighted by Crippen LogP contribution is 2.43. The van der Waals surface area contributed by atoms with Crippen LogP contribution in [0, 0.1) is 26.0 Å². The van der Waals surface area contributed by atoms with Crippen molar-refractivity contribution in [3.05, 3.63) is 97.3 Å². The molecule has 13 heteroatoms. The first-order valence-electron chi connectivity index (χ1n) is 10.7. The number of esters is 1. The van der Waals surface area contributed by atoms with Gasteiger partial charge in [-0.1, -0.05) is 18.2 Å². The number of nitro benzene ring substituents is 2. The maximum Gasteiger partial charge on any atom is 0.343 e. The Morgan fingerprint density at radius 2 is 1.78 bits per heavy atom. The Bertz CT molecular complexity index is 1420. The number of carbonyl (C=O) groups is 1. The van der Waals surface area contributed by atoms with Gasteiger partial charge in [-0.3, -0.25) is 25.7 Å². The van der Waals surface area contributed by atoms with Gasteiger partial charge in [-0.2, -0.15) is 5.10 Å². The van der Waals surface area contributed by atoms with Gasteiger partial charge < -0.3 is 14.2 Å². The third-order valence-corrected chi connectivity index (χ3v) is 5.63. The van der Waals surface area contributed by atoms with Gasteiger partial charge in [0.15, 0.2) is 11.5 Å². The minimum absolute atomic E-state index is 0.00757. The number of methoxy groups -OCH3 is 2. The van der Waals surface area contributed by atoms with Gasteiger partial charge in [-0.05, 0) is 29.8 Å². The van der Waals surface area contributed by atoms with Crippen LogP contribution in [0.3, 0.4) is 0 Å². The summed E-state index contributed by atoms with van der Waals surface area (Å²) in [6, 6.07) is 11.7. The molecule has 1 N–H and O–H groups in total. The Hall–Kier alpha value is -5.07. The lowest BCUT2D eigenvalue weighted by Crippen LogP contribution is -2.11. The second-order valence-corrected chi connectivity index (χ2v) is 7.76. The van der Waals surface area contributed by atoms with Crippen molar-refractivity contribution in [1.82, 2.24) is 0 Å². The molecule has 3 aromatic carbocycles. The van der Waals surface area contributed by atoms with E-state index in [2.05, 4.69) is 10.5 Å². The zero-order valence-electron chi connectivity index (χ0n) is 19.5. The van der Waals surface area contributed by atoms with E-state index in [1.54, 1.807) is 12.1 Å². The highest BCUT2D eigenvalue weighted by atomic mass is 19.1. The maximum atomic E-state index is 13.6. The van der Waals surface area contributed by atoms with Gasteiger partial charge in [0.2, 0.25) is 0 Å². The molecular weight excluding hydrogens is 491 g/mol. The number of hydrogen-bond donors (Lipinski definition) is 1. The van der Waals surface area contributed by atoms with Crippen LogP contribution in [-0.4, -0.2) is 35.7 Å². The van der Waals surface area contributed by atoms with Gasteiger partial charge in [0.1, 0.15) is 23.2 Å². The number of ether oxygens (including phenoxy) is 3. The van der Waals surface area contributed by atoms with Gasteiger partial charge in [0.05, 0.1) is 35.8 Å². The van der Waals surface area contributed by atoms with Gasteiger partial charge in [0, 0.05) is 18.1 Å². The summed E-state index contributed by atoms with van der Waals surface area (Å²) in [4.78, 5) is 33.7. The fourth-order valence-corrected chi connectivity index (χ4v) is 3.88. The summed E-state index contributed by atoms with van der Waals surface area (Å²) < 4.78 is 29.7. The average molecular weight is 510 g/mol. The molecule has 0 radical (unpaired) electrons. The van der Waals surface area contributed by atoms with E-state index < -0.39 is 39.1 Å². The third kappa shape index (κ3) is 5.00. The number of nitro groups is 2. The SMILES string of the molecule is COc1ccc2c(c1OC)C(=O)O[C@H]2CC(=NNc1ccc([N+](=O)[O-])cc1[N+](=O)[O-])c1ccc(F)cc1. The van der Waals surface area contributed by atoms with Gasteiger partial charge >= 0.3 is 11.7 Å². The van der Waals surface area contributed by atoms with E-state index in [9.17, 15) is 29.4 Å². The quantitative estimate of drug-likeness (QED) is 0.185. The molecule has 12 nitrogen and oxygen atoms in total. The number of hydrogen-bond acceptors (Lipinski definition) is 10. The van der Waals surface area contributed by atoms with E-state index in [1.165, 1.54) is 38.5 Å². The van der Waals surface area contributed by atoms with Crippen molar-refractivity contribution >= 4 is 28.7 Å². The molecule has 37 heavy (non-hydrogen) atoms. The number of rotatable bonds is 9. The fraction of sp³-hybridized carbons (Fsp3) is 0.167. The summed E-state index contributed by atoms with van der Waals surface area (Å²) in [6.45, 7) is 0. The van der Waals surface area contributed by atoms with Crippen molar-refractivity contribution in [2.24, 2.45) is 5.10 Å². The highest BCUT2D eigenvalue weighted by molar-refractivity contribution is 6.03. The molecule has 0 fully saturated rings. The van der Waals surface area contributed by atoms with Crippen LogP contribution in [-0.2, 0) is 4.74 Å². The molecule has 1 atom stereocenters. The standard InChI is InChI=1S/C24H19FN4O8/c1-35-20-10-8-16-21(37-24(30)22(16)23(20)36-2)12-18(13-3-5-14(25)6-4-13)27-26-17-9-7-15(28(31)32)11-19(17)29(33)34/h3-11,21,26H,12H2,1-2H3/t21-/m0/s1. The minimum Gasteiger partial charge on any atom is -0.493 e. The van der Waals surface area contributed by atoms with Crippen molar-refractivity contribution in [1.29, 1.82) is 0 Å². The molecule has 0 saturated carbocycles. The number of benzene rings is 3. The normalized spacial score (nSPS) is 14.5. The molecule has 3 aromatic rings. The smallest absolute Gasteiger partial charge is 0.343 e. The van der Waals surface area contributed by atoms with Crippen LogP contribution < -0.4 is 14.9 Å². The van der Waals surface area contributed by atoms with Crippen LogP contribution in [0.4, 0.5) is 21.5 Å². The minimum atomic E-state index is -0.806. The number of carbonyl (C=O) groups excluding carboxylic acids is 1. The van der Waals surface area contributed by atoms with Crippen LogP contribution in [0.5, 0.6) is 11.5 Å². The topological polar surface area (TPSA) is 155 Å². The average Bonchev–Trinajstić information content (AvgIpc) is 3.21. The Labute approximate surface area is 208 Å². The third-order valence-electron chi connectivity index (χ3n) is 5.63. The highest BCUT2D eigenvalue weighted by Gasteiger charge is 2.36. The van der Waals surface area contributed by atoms with Crippen LogP contribution in [0.2, 0.25) is 0 Å². The molecule has 1 aliphatic rings. The lowest BCUT2D eigenvalue weighted by molar-refractivity contribution is -0.393. The maximum absolute atomic E-state index is 13.6. The van der Waals surface area contributed by atoms with Crippen LogP contribution >= 0.6 is 0 Å². The molecule has 0 saturated heterocycles. The van der Waals surface area contributed by atoms with Crippen molar-refractivity contribution in [2.45, 2.75) is 12.5 Å². The fourth-order valence-electron chi connectivity index (χ4n) is 3.88. The lowest BCUT2D eigenvalue weighted by atomic mass is 9.97. The number of cyclic esters (lactones) is 1. The Kier molecular flexibility index (Phi) is 6.95. The predicted octanol–water partition coefficient (Wildman–Crippen LogP) is 4.78. The molecule has 4 rings (SSSR count). The lowest BCUT2D eigenvalue weighted by Gasteiger charge is -2.15. The second-order valence-electron chi connectivity index (χ2n) is 7.76. The van der Waals surface area contributed by atoms with E-state index in [4.69, 9.17) is 14.2 Å². The summed E-state index contributed by atoms with van der Waals surface area (Å²) in [5.41, 5.74) is 2.87. The van der Waals surface area contributed by atoms with E-state index >= 15 is 0 Å². The molecule has 0 spiro atoms. The summed E-state index contributed by atoms with van der Waals surface area (Å²) in [5, 5.41) is 26.8. The predicted molar refractivity (Wildman–Crippen MR) is 129 cm³/mol. The molecule has 0 unspecified atom stereocenters. The van der Waals surface area contributed by atoms with E-state index in [1.807, 2.05) is 0 Å². The van der Waals surface area contributed by atoms with Gasteiger partial charge in [0.25, 0.3) is 5.69 Å².